The van der Waals surface area contributed by atoms with E-state index in [1.807, 2.05) is 37.3 Å². The summed E-state index contributed by atoms with van der Waals surface area (Å²) in [5.41, 5.74) is 6.20. The van der Waals surface area contributed by atoms with E-state index in [9.17, 15) is 10.1 Å². The first kappa shape index (κ1) is 14.5. The predicted molar refractivity (Wildman–Crippen MR) is 81.2 cm³/mol. The van der Waals surface area contributed by atoms with Crippen molar-refractivity contribution in [3.8, 4) is 0 Å². The quantitative estimate of drug-likeness (QED) is 0.531. The first-order chi connectivity index (χ1) is 10.2. The molecule has 0 atom stereocenters. The van der Waals surface area contributed by atoms with Gasteiger partial charge in [-0.05, 0) is 18.6 Å². The average Bonchev–Trinajstić information content (AvgIpc) is 2.51. The highest BCUT2D eigenvalue weighted by molar-refractivity contribution is 5.70. The van der Waals surface area contributed by atoms with Gasteiger partial charge in [-0.1, -0.05) is 25.1 Å². The van der Waals surface area contributed by atoms with Crippen molar-refractivity contribution in [1.29, 1.82) is 0 Å². The van der Waals surface area contributed by atoms with Gasteiger partial charge in [0.25, 0.3) is 0 Å². The van der Waals surface area contributed by atoms with Crippen LogP contribution in [0.2, 0.25) is 0 Å². The Hall–Kier alpha value is -2.90. The maximum atomic E-state index is 11.2. The van der Waals surface area contributed by atoms with Gasteiger partial charge in [0.2, 0.25) is 11.6 Å². The molecule has 21 heavy (non-hydrogen) atoms. The van der Waals surface area contributed by atoms with Crippen molar-refractivity contribution in [2.24, 2.45) is 0 Å². The maximum Gasteiger partial charge on any atom is 0.354 e. The van der Waals surface area contributed by atoms with E-state index in [4.69, 9.17) is 0 Å². The van der Waals surface area contributed by atoms with Gasteiger partial charge in [0.1, 0.15) is 6.33 Å². The molecular weight excluding hydrogens is 272 g/mol. The molecule has 0 aliphatic carbocycles. The molecule has 110 valence electrons. The van der Waals surface area contributed by atoms with Gasteiger partial charge < -0.3 is 5.32 Å². The molecule has 2 rings (SSSR count). The third-order valence-electron chi connectivity index (χ3n) is 2.65. The molecule has 0 spiro atoms. The molecule has 0 saturated carbocycles. The SMILES string of the molecule is CCCNc1ncnc(NNc2ccccc2)c1[N+](=O)[O-]. The summed E-state index contributed by atoms with van der Waals surface area (Å²) in [6, 6.07) is 9.25. The number of para-hydroxylation sites is 1. The topological polar surface area (TPSA) is 105 Å². The van der Waals surface area contributed by atoms with Gasteiger partial charge in [-0.15, -0.1) is 0 Å². The van der Waals surface area contributed by atoms with Crippen LogP contribution in [-0.4, -0.2) is 21.4 Å². The number of nitro groups is 1. The van der Waals surface area contributed by atoms with Gasteiger partial charge in [0.05, 0.1) is 10.6 Å². The van der Waals surface area contributed by atoms with E-state index < -0.39 is 4.92 Å². The second kappa shape index (κ2) is 7.04. The Balaban J connectivity index is 2.20. The second-order valence-electron chi connectivity index (χ2n) is 4.22. The van der Waals surface area contributed by atoms with Crippen LogP contribution < -0.4 is 16.2 Å². The molecule has 0 aliphatic rings. The molecular formula is C13H16N6O2. The minimum atomic E-state index is -0.507. The van der Waals surface area contributed by atoms with Crippen LogP contribution in [-0.2, 0) is 0 Å². The lowest BCUT2D eigenvalue weighted by atomic mass is 10.3. The van der Waals surface area contributed by atoms with Crippen molar-refractivity contribution in [3.63, 3.8) is 0 Å². The number of hydrazine groups is 1. The molecule has 0 saturated heterocycles. The Bertz CT molecular complexity index is 605. The number of rotatable bonds is 7. The van der Waals surface area contributed by atoms with Crippen LogP contribution in [0.1, 0.15) is 13.3 Å². The summed E-state index contributed by atoms with van der Waals surface area (Å²) in [6.07, 6.45) is 2.12. The molecule has 0 amide bonds. The molecule has 0 bridgehead atoms. The number of aromatic nitrogens is 2. The molecule has 3 N–H and O–H groups in total. The predicted octanol–water partition coefficient (Wildman–Crippen LogP) is 2.65. The summed E-state index contributed by atoms with van der Waals surface area (Å²) in [6.45, 7) is 2.57. The molecule has 1 aromatic carbocycles. The van der Waals surface area contributed by atoms with Gasteiger partial charge in [-0.25, -0.2) is 9.97 Å². The monoisotopic (exact) mass is 288 g/mol. The summed E-state index contributed by atoms with van der Waals surface area (Å²) < 4.78 is 0. The van der Waals surface area contributed by atoms with E-state index in [1.54, 1.807) is 0 Å². The zero-order valence-electron chi connectivity index (χ0n) is 11.5. The van der Waals surface area contributed by atoms with E-state index in [-0.39, 0.29) is 17.3 Å². The third-order valence-corrected chi connectivity index (χ3v) is 2.65. The lowest BCUT2D eigenvalue weighted by Crippen LogP contribution is -2.14. The second-order valence-corrected chi connectivity index (χ2v) is 4.22. The largest absolute Gasteiger partial charge is 0.364 e. The lowest BCUT2D eigenvalue weighted by molar-refractivity contribution is -0.383. The van der Waals surface area contributed by atoms with Crippen molar-refractivity contribution < 1.29 is 4.92 Å². The molecule has 8 nitrogen and oxygen atoms in total. The Morgan fingerprint density at radius 1 is 1.14 bits per heavy atom. The van der Waals surface area contributed by atoms with Crippen molar-refractivity contribution >= 4 is 23.0 Å². The molecule has 1 heterocycles. The fourth-order valence-electron chi connectivity index (χ4n) is 1.67. The third kappa shape index (κ3) is 3.78. The number of benzene rings is 1. The fourth-order valence-corrected chi connectivity index (χ4v) is 1.67. The van der Waals surface area contributed by atoms with Crippen LogP contribution in [0.25, 0.3) is 0 Å². The lowest BCUT2D eigenvalue weighted by Gasteiger charge is -2.11. The van der Waals surface area contributed by atoms with Gasteiger partial charge in [0.15, 0.2) is 0 Å². The fraction of sp³-hybridized carbons (Fsp3) is 0.231. The molecule has 2 aromatic rings. The van der Waals surface area contributed by atoms with Crippen LogP contribution in [0.4, 0.5) is 23.0 Å². The average molecular weight is 288 g/mol. The summed E-state index contributed by atoms with van der Waals surface area (Å²) in [5, 5.41) is 14.2. The summed E-state index contributed by atoms with van der Waals surface area (Å²) in [4.78, 5) is 18.6. The number of hydrogen-bond acceptors (Lipinski definition) is 7. The number of hydrogen-bond donors (Lipinski definition) is 3. The molecule has 8 heteroatoms. The Labute approximate surface area is 121 Å². The Kier molecular flexibility index (Phi) is 4.86. The number of nitrogens with zero attached hydrogens (tertiary/aromatic N) is 3. The van der Waals surface area contributed by atoms with Crippen LogP contribution >= 0.6 is 0 Å². The smallest absolute Gasteiger partial charge is 0.354 e. The number of anilines is 3. The molecule has 0 radical (unpaired) electrons. The first-order valence-corrected chi connectivity index (χ1v) is 6.52. The van der Waals surface area contributed by atoms with Crippen LogP contribution in [0.5, 0.6) is 0 Å². The standard InChI is InChI=1S/C13H16N6O2/c1-2-8-14-12-11(19(20)21)13(16-9-15-12)18-17-10-6-4-3-5-7-10/h3-7,9,17H,2,8H2,1H3,(H2,14,15,16,18). The van der Waals surface area contributed by atoms with Gasteiger partial charge in [-0.2, -0.15) is 0 Å². The van der Waals surface area contributed by atoms with E-state index in [1.165, 1.54) is 6.33 Å². The van der Waals surface area contributed by atoms with Crippen LogP contribution in [0, 0.1) is 10.1 Å². The number of nitrogens with one attached hydrogen (secondary N) is 3. The van der Waals surface area contributed by atoms with Crippen molar-refractivity contribution in [2.45, 2.75) is 13.3 Å². The van der Waals surface area contributed by atoms with E-state index in [0.29, 0.717) is 6.54 Å². The molecule has 0 fully saturated rings. The van der Waals surface area contributed by atoms with Crippen molar-refractivity contribution in [2.75, 3.05) is 22.7 Å². The van der Waals surface area contributed by atoms with Crippen LogP contribution in [0.3, 0.4) is 0 Å². The van der Waals surface area contributed by atoms with E-state index in [2.05, 4.69) is 26.1 Å². The minimum absolute atomic E-state index is 0.109. The van der Waals surface area contributed by atoms with Gasteiger partial charge in [-0.3, -0.25) is 21.0 Å². The van der Waals surface area contributed by atoms with Crippen molar-refractivity contribution in [1.82, 2.24) is 9.97 Å². The zero-order valence-corrected chi connectivity index (χ0v) is 11.5. The molecule has 0 unspecified atom stereocenters. The van der Waals surface area contributed by atoms with Crippen molar-refractivity contribution in [3.05, 3.63) is 46.8 Å². The van der Waals surface area contributed by atoms with E-state index >= 15 is 0 Å². The Morgan fingerprint density at radius 2 is 1.86 bits per heavy atom. The van der Waals surface area contributed by atoms with Gasteiger partial charge in [0, 0.05) is 6.54 Å². The zero-order chi connectivity index (χ0) is 15.1. The van der Waals surface area contributed by atoms with Crippen LogP contribution in [0.15, 0.2) is 36.7 Å². The Morgan fingerprint density at radius 3 is 2.52 bits per heavy atom. The van der Waals surface area contributed by atoms with Gasteiger partial charge >= 0.3 is 5.69 Å². The highest BCUT2D eigenvalue weighted by Gasteiger charge is 2.22. The molecule has 1 aromatic heterocycles. The maximum absolute atomic E-state index is 11.2. The summed E-state index contributed by atoms with van der Waals surface area (Å²) >= 11 is 0. The summed E-state index contributed by atoms with van der Waals surface area (Å²) in [7, 11) is 0. The summed E-state index contributed by atoms with van der Waals surface area (Å²) in [5.74, 6) is 0.312. The highest BCUT2D eigenvalue weighted by atomic mass is 16.6. The first-order valence-electron chi connectivity index (χ1n) is 6.52. The highest BCUT2D eigenvalue weighted by Crippen LogP contribution is 2.28. The normalized spacial score (nSPS) is 9.95. The minimum Gasteiger partial charge on any atom is -0.364 e. The molecule has 0 aliphatic heterocycles. The van der Waals surface area contributed by atoms with E-state index in [0.717, 1.165) is 12.1 Å².